The number of carbonyl (C=O) groups is 4. The topological polar surface area (TPSA) is 78.0 Å². The van der Waals surface area contributed by atoms with Crippen LogP contribution in [0.25, 0.3) is 0 Å². The minimum atomic E-state index is -1.38. The van der Waals surface area contributed by atoms with Crippen molar-refractivity contribution in [1.82, 2.24) is 14.7 Å². The maximum Gasteiger partial charge on any atom is 0.241 e. The summed E-state index contributed by atoms with van der Waals surface area (Å²) in [5.41, 5.74) is -1.00. The number of nitrogens with zero attached hydrogens (tertiary/aromatic N) is 3. The first kappa shape index (κ1) is 21.5. The van der Waals surface area contributed by atoms with E-state index in [0.717, 1.165) is 25.7 Å². The highest BCUT2D eigenvalue weighted by atomic mass is 19.1. The van der Waals surface area contributed by atoms with Gasteiger partial charge in [0.15, 0.2) is 0 Å². The van der Waals surface area contributed by atoms with Crippen molar-refractivity contribution in [3.05, 3.63) is 35.6 Å². The molecule has 166 valence electrons. The van der Waals surface area contributed by atoms with Crippen molar-refractivity contribution in [1.29, 1.82) is 0 Å². The number of hydrogen-bond acceptors (Lipinski definition) is 4. The van der Waals surface area contributed by atoms with Crippen LogP contribution in [0.1, 0.15) is 51.0 Å². The third-order valence-corrected chi connectivity index (χ3v) is 6.95. The lowest BCUT2D eigenvalue weighted by atomic mass is 9.75. The summed E-state index contributed by atoms with van der Waals surface area (Å²) in [5.74, 6) is -1.45. The predicted octanol–water partition coefficient (Wildman–Crippen LogP) is 1.85. The van der Waals surface area contributed by atoms with Crippen LogP contribution in [0.4, 0.5) is 4.39 Å². The van der Waals surface area contributed by atoms with Crippen LogP contribution in [0.3, 0.4) is 0 Å². The van der Waals surface area contributed by atoms with Gasteiger partial charge in [0, 0.05) is 52.0 Å². The summed E-state index contributed by atoms with van der Waals surface area (Å²) in [7, 11) is 0. The Bertz CT molecular complexity index is 906. The first-order valence-electron chi connectivity index (χ1n) is 11.0. The van der Waals surface area contributed by atoms with E-state index in [1.807, 2.05) is 0 Å². The van der Waals surface area contributed by atoms with E-state index >= 15 is 0 Å². The zero-order valence-corrected chi connectivity index (χ0v) is 17.8. The fourth-order valence-corrected chi connectivity index (χ4v) is 5.19. The maximum atomic E-state index is 14.1. The fraction of sp³-hybridized carbons (Fsp3) is 0.565. The number of carbonyl (C=O) groups excluding carboxylic acids is 4. The van der Waals surface area contributed by atoms with Gasteiger partial charge in [-0.1, -0.05) is 25.0 Å². The lowest BCUT2D eigenvalue weighted by Gasteiger charge is -2.36. The molecule has 3 aliphatic rings. The van der Waals surface area contributed by atoms with Crippen LogP contribution >= 0.6 is 0 Å². The molecule has 1 aromatic rings. The Labute approximate surface area is 181 Å². The van der Waals surface area contributed by atoms with Gasteiger partial charge in [-0.2, -0.15) is 0 Å². The van der Waals surface area contributed by atoms with Gasteiger partial charge in [-0.05, 0) is 30.5 Å². The van der Waals surface area contributed by atoms with Crippen molar-refractivity contribution in [2.24, 2.45) is 0 Å². The number of rotatable bonds is 4. The average Bonchev–Trinajstić information content (AvgIpc) is 3.35. The normalized spacial score (nSPS) is 24.9. The second kappa shape index (κ2) is 8.40. The van der Waals surface area contributed by atoms with Crippen molar-refractivity contribution in [3.63, 3.8) is 0 Å². The van der Waals surface area contributed by atoms with Gasteiger partial charge >= 0.3 is 0 Å². The van der Waals surface area contributed by atoms with Crippen LogP contribution in [-0.4, -0.2) is 70.5 Å². The van der Waals surface area contributed by atoms with Gasteiger partial charge in [0.25, 0.3) is 0 Å². The number of piperazine rings is 1. The van der Waals surface area contributed by atoms with Crippen molar-refractivity contribution in [3.8, 4) is 0 Å². The van der Waals surface area contributed by atoms with Gasteiger partial charge in [0.1, 0.15) is 5.82 Å². The molecule has 2 heterocycles. The number of hydrogen-bond donors (Lipinski definition) is 0. The molecule has 0 radical (unpaired) electrons. The van der Waals surface area contributed by atoms with Crippen molar-refractivity contribution < 1.29 is 23.6 Å². The summed E-state index contributed by atoms with van der Waals surface area (Å²) >= 11 is 0. The predicted molar refractivity (Wildman–Crippen MR) is 110 cm³/mol. The molecule has 1 unspecified atom stereocenters. The van der Waals surface area contributed by atoms with Gasteiger partial charge in [0.2, 0.25) is 23.6 Å². The Morgan fingerprint density at radius 1 is 1.06 bits per heavy atom. The molecule has 4 rings (SSSR count). The molecule has 0 N–H and O–H groups in total. The van der Waals surface area contributed by atoms with Gasteiger partial charge < -0.3 is 9.80 Å². The Balaban J connectivity index is 1.61. The molecule has 3 fully saturated rings. The molecule has 7 nitrogen and oxygen atoms in total. The molecule has 1 saturated carbocycles. The van der Waals surface area contributed by atoms with E-state index < -0.39 is 11.2 Å². The third-order valence-electron chi connectivity index (χ3n) is 6.95. The highest BCUT2D eigenvalue weighted by molar-refractivity contribution is 6.11. The van der Waals surface area contributed by atoms with Gasteiger partial charge in [-0.25, -0.2) is 4.39 Å². The van der Waals surface area contributed by atoms with Gasteiger partial charge in [0.05, 0.1) is 5.41 Å². The zero-order valence-electron chi connectivity index (χ0n) is 17.8. The highest BCUT2D eigenvalue weighted by Gasteiger charge is 2.56. The van der Waals surface area contributed by atoms with Crippen LogP contribution in [0.2, 0.25) is 0 Å². The van der Waals surface area contributed by atoms with E-state index in [1.165, 1.54) is 30.0 Å². The minimum Gasteiger partial charge on any atom is -0.339 e. The van der Waals surface area contributed by atoms with Crippen LogP contribution in [-0.2, 0) is 24.6 Å². The van der Waals surface area contributed by atoms with Crippen LogP contribution in [0.15, 0.2) is 24.3 Å². The number of amides is 4. The molecule has 2 saturated heterocycles. The quantitative estimate of drug-likeness (QED) is 0.685. The monoisotopic (exact) mass is 429 g/mol. The summed E-state index contributed by atoms with van der Waals surface area (Å²) in [6.07, 6.45) is 3.19. The molecule has 1 aromatic carbocycles. The third kappa shape index (κ3) is 3.95. The number of halogens is 1. The second-order valence-corrected chi connectivity index (χ2v) is 8.84. The molecule has 2 aliphatic heterocycles. The fourth-order valence-electron chi connectivity index (χ4n) is 5.19. The molecule has 31 heavy (non-hydrogen) atoms. The summed E-state index contributed by atoms with van der Waals surface area (Å²) in [4.78, 5) is 56.1. The molecule has 1 aliphatic carbocycles. The molecular weight excluding hydrogens is 401 g/mol. The molecule has 4 amide bonds. The van der Waals surface area contributed by atoms with Crippen LogP contribution in [0.5, 0.6) is 0 Å². The van der Waals surface area contributed by atoms with E-state index in [1.54, 1.807) is 15.9 Å². The van der Waals surface area contributed by atoms with Gasteiger partial charge in [-0.3, -0.25) is 24.1 Å². The number of likely N-dealkylation sites (tertiary alicyclic amines) is 1. The Morgan fingerprint density at radius 3 is 2.32 bits per heavy atom. The van der Waals surface area contributed by atoms with E-state index in [2.05, 4.69) is 0 Å². The van der Waals surface area contributed by atoms with Crippen LogP contribution in [0, 0.1) is 5.82 Å². The van der Waals surface area contributed by atoms with Crippen molar-refractivity contribution >= 4 is 23.6 Å². The zero-order chi connectivity index (χ0) is 22.2. The summed E-state index contributed by atoms with van der Waals surface area (Å²) < 4.78 is 14.1. The van der Waals surface area contributed by atoms with E-state index in [0.29, 0.717) is 31.7 Å². The van der Waals surface area contributed by atoms with E-state index in [9.17, 15) is 23.6 Å². The van der Waals surface area contributed by atoms with Crippen LogP contribution < -0.4 is 0 Å². The summed E-state index contributed by atoms with van der Waals surface area (Å²) in [6, 6.07) is 5.57. The highest BCUT2D eigenvalue weighted by Crippen LogP contribution is 2.43. The molecule has 1 atom stereocenters. The Hall–Kier alpha value is -2.77. The minimum absolute atomic E-state index is 0.0351. The number of imide groups is 1. The molecular formula is C23H28FN3O4. The second-order valence-electron chi connectivity index (χ2n) is 8.84. The molecule has 0 spiro atoms. The first-order valence-corrected chi connectivity index (χ1v) is 11.0. The molecule has 0 aromatic heterocycles. The standard InChI is InChI=1S/C23H28FN3O4/c1-16(28)25-9-11-26(12-10-25)20(29)14-23(17-5-4-6-18(24)13-17)15-21(30)27(22(23)31)19-7-2-3-8-19/h4-6,13,19H,2-3,7-12,14-15H2,1H3. The Morgan fingerprint density at radius 2 is 1.71 bits per heavy atom. The maximum absolute atomic E-state index is 14.1. The lowest BCUT2D eigenvalue weighted by Crippen LogP contribution is -2.52. The first-order chi connectivity index (χ1) is 14.8. The lowest BCUT2D eigenvalue weighted by molar-refractivity contribution is -0.145. The number of benzene rings is 1. The van der Waals surface area contributed by atoms with Gasteiger partial charge in [-0.15, -0.1) is 0 Å². The van der Waals surface area contributed by atoms with Crippen molar-refractivity contribution in [2.45, 2.75) is 56.9 Å². The molecule has 0 bridgehead atoms. The summed E-state index contributed by atoms with van der Waals surface area (Å²) in [5, 5.41) is 0. The SMILES string of the molecule is CC(=O)N1CCN(C(=O)CC2(c3cccc(F)c3)CC(=O)N(C3CCCC3)C2=O)CC1. The summed E-state index contributed by atoms with van der Waals surface area (Å²) in [6.45, 7) is 3.14. The molecule has 8 heteroatoms. The Kier molecular flexibility index (Phi) is 5.81. The largest absolute Gasteiger partial charge is 0.339 e. The smallest absolute Gasteiger partial charge is 0.241 e. The van der Waals surface area contributed by atoms with E-state index in [-0.39, 0.29) is 42.5 Å². The van der Waals surface area contributed by atoms with Crippen molar-refractivity contribution in [2.75, 3.05) is 26.2 Å². The van der Waals surface area contributed by atoms with E-state index in [4.69, 9.17) is 0 Å². The average molecular weight is 429 g/mol.